The molecular formula is C13H25N3O. The Hall–Kier alpha value is -0.730. The predicted octanol–water partition coefficient (Wildman–Crippen LogP) is 4.04. The highest BCUT2D eigenvalue weighted by molar-refractivity contribution is 5.02. The molecule has 0 amide bonds. The van der Waals surface area contributed by atoms with Crippen molar-refractivity contribution in [1.82, 2.24) is 0 Å². The Labute approximate surface area is 104 Å². The van der Waals surface area contributed by atoms with Crippen LogP contribution in [-0.4, -0.2) is 17.3 Å². The van der Waals surface area contributed by atoms with Gasteiger partial charge in [0, 0.05) is 4.91 Å². The Balaban J connectivity index is 2.75. The van der Waals surface area contributed by atoms with E-state index in [1.807, 2.05) is 0 Å². The highest BCUT2D eigenvalue weighted by Gasteiger charge is 2.48. The summed E-state index contributed by atoms with van der Waals surface area (Å²) in [5.41, 5.74) is 8.74. The van der Waals surface area contributed by atoms with Gasteiger partial charge in [-0.25, -0.2) is 0 Å². The first kappa shape index (κ1) is 14.3. The molecule has 98 valence electrons. The molecule has 4 nitrogen and oxygen atoms in total. The van der Waals surface area contributed by atoms with Crippen LogP contribution in [0.3, 0.4) is 0 Å². The Morgan fingerprint density at radius 3 is 2.65 bits per heavy atom. The average molecular weight is 239 g/mol. The van der Waals surface area contributed by atoms with Crippen LogP contribution in [0.5, 0.6) is 0 Å². The van der Waals surface area contributed by atoms with Gasteiger partial charge in [-0.05, 0) is 29.7 Å². The lowest BCUT2D eigenvalue weighted by Crippen LogP contribution is -2.27. The number of nitrogens with zero attached hydrogens (tertiary/aromatic N) is 3. The predicted molar refractivity (Wildman–Crippen MR) is 69.6 cm³/mol. The van der Waals surface area contributed by atoms with Gasteiger partial charge in [0.1, 0.15) is 0 Å². The Morgan fingerprint density at radius 1 is 1.41 bits per heavy atom. The molecule has 1 saturated carbocycles. The molecule has 17 heavy (non-hydrogen) atoms. The Morgan fingerprint density at radius 2 is 2.12 bits per heavy atom. The molecule has 0 saturated heterocycles. The molecule has 0 aromatic rings. The molecule has 0 heterocycles. The highest BCUT2D eigenvalue weighted by Crippen LogP contribution is 2.50. The molecule has 0 bridgehead atoms. The van der Waals surface area contributed by atoms with E-state index in [0.717, 1.165) is 19.3 Å². The third-order valence-electron chi connectivity index (χ3n) is 4.66. The SMILES string of the molecule is CCCCCC1(CC)C[C@H](O)C(N=[N+]=[N-])[C@@H]1C. The fourth-order valence-electron chi connectivity index (χ4n) is 3.36. The number of rotatable bonds is 6. The van der Waals surface area contributed by atoms with Crippen molar-refractivity contribution in [2.75, 3.05) is 0 Å². The summed E-state index contributed by atoms with van der Waals surface area (Å²) in [6.07, 6.45) is 6.22. The van der Waals surface area contributed by atoms with Crippen LogP contribution in [0, 0.1) is 11.3 Å². The van der Waals surface area contributed by atoms with Crippen molar-refractivity contribution in [3.05, 3.63) is 10.4 Å². The van der Waals surface area contributed by atoms with E-state index < -0.39 is 6.10 Å². The summed E-state index contributed by atoms with van der Waals surface area (Å²) in [6.45, 7) is 6.52. The van der Waals surface area contributed by atoms with Crippen LogP contribution in [0.15, 0.2) is 5.11 Å². The summed E-state index contributed by atoms with van der Waals surface area (Å²) in [5, 5.41) is 13.8. The summed E-state index contributed by atoms with van der Waals surface area (Å²) in [4.78, 5) is 2.88. The number of aliphatic hydroxyl groups excluding tert-OH is 1. The smallest absolute Gasteiger partial charge is 0.0664 e. The maximum atomic E-state index is 10.0. The summed E-state index contributed by atoms with van der Waals surface area (Å²) >= 11 is 0. The lowest BCUT2D eigenvalue weighted by molar-refractivity contribution is 0.139. The van der Waals surface area contributed by atoms with Gasteiger partial charge in [0.25, 0.3) is 0 Å². The molecule has 1 aliphatic rings. The van der Waals surface area contributed by atoms with Crippen molar-refractivity contribution < 1.29 is 5.11 Å². The quantitative estimate of drug-likeness (QED) is 0.323. The number of hydrogen-bond acceptors (Lipinski definition) is 2. The molecule has 4 heteroatoms. The first-order valence-corrected chi connectivity index (χ1v) is 6.83. The average Bonchev–Trinajstić information content (AvgIpc) is 2.55. The van der Waals surface area contributed by atoms with Crippen molar-refractivity contribution in [3.8, 4) is 0 Å². The zero-order valence-corrected chi connectivity index (χ0v) is 11.3. The Bertz CT molecular complexity index is 288. The molecule has 4 atom stereocenters. The van der Waals surface area contributed by atoms with Crippen molar-refractivity contribution in [2.45, 2.75) is 71.4 Å². The Kier molecular flexibility index (Phi) is 5.29. The zero-order valence-electron chi connectivity index (χ0n) is 11.3. The van der Waals surface area contributed by atoms with Crippen molar-refractivity contribution in [3.63, 3.8) is 0 Å². The minimum absolute atomic E-state index is 0.174. The number of unbranched alkanes of at least 4 members (excludes halogenated alkanes) is 2. The van der Waals surface area contributed by atoms with Gasteiger partial charge in [-0.1, -0.05) is 51.6 Å². The van der Waals surface area contributed by atoms with Crippen LogP contribution in [0.2, 0.25) is 0 Å². The molecule has 0 radical (unpaired) electrons. The third-order valence-corrected chi connectivity index (χ3v) is 4.66. The minimum Gasteiger partial charge on any atom is -0.393 e. The zero-order chi connectivity index (χ0) is 12.9. The van der Waals surface area contributed by atoms with Crippen LogP contribution in [0.4, 0.5) is 0 Å². The summed E-state index contributed by atoms with van der Waals surface area (Å²) in [6, 6.07) is -0.235. The molecule has 1 aliphatic carbocycles. The van der Waals surface area contributed by atoms with Gasteiger partial charge < -0.3 is 5.11 Å². The summed E-state index contributed by atoms with van der Waals surface area (Å²) in [5.74, 6) is 0.287. The molecule has 1 rings (SSSR count). The topological polar surface area (TPSA) is 69.0 Å². The maximum Gasteiger partial charge on any atom is 0.0664 e. The van der Waals surface area contributed by atoms with Gasteiger partial charge in [0.05, 0.1) is 12.1 Å². The summed E-state index contributed by atoms with van der Waals surface area (Å²) < 4.78 is 0. The van der Waals surface area contributed by atoms with Crippen LogP contribution >= 0.6 is 0 Å². The minimum atomic E-state index is -0.456. The highest BCUT2D eigenvalue weighted by atomic mass is 16.3. The lowest BCUT2D eigenvalue weighted by Gasteiger charge is -2.33. The van der Waals surface area contributed by atoms with Gasteiger partial charge in [0.2, 0.25) is 0 Å². The second-order valence-electron chi connectivity index (χ2n) is 5.43. The largest absolute Gasteiger partial charge is 0.393 e. The van der Waals surface area contributed by atoms with E-state index in [9.17, 15) is 5.11 Å². The first-order chi connectivity index (χ1) is 8.11. The molecule has 0 aromatic carbocycles. The number of aliphatic hydroxyl groups is 1. The first-order valence-electron chi connectivity index (χ1n) is 6.83. The van der Waals surface area contributed by atoms with Crippen LogP contribution in [0.1, 0.15) is 59.3 Å². The van der Waals surface area contributed by atoms with E-state index in [1.165, 1.54) is 19.3 Å². The molecule has 2 unspecified atom stereocenters. The van der Waals surface area contributed by atoms with E-state index in [1.54, 1.807) is 0 Å². The van der Waals surface area contributed by atoms with Gasteiger partial charge in [-0.2, -0.15) is 0 Å². The molecule has 0 spiro atoms. The molecular weight excluding hydrogens is 214 g/mol. The van der Waals surface area contributed by atoms with E-state index in [4.69, 9.17) is 5.53 Å². The monoisotopic (exact) mass is 239 g/mol. The van der Waals surface area contributed by atoms with Crippen LogP contribution in [-0.2, 0) is 0 Å². The summed E-state index contributed by atoms with van der Waals surface area (Å²) in [7, 11) is 0. The molecule has 0 aromatic heterocycles. The molecule has 1 fully saturated rings. The van der Waals surface area contributed by atoms with Gasteiger partial charge in [0.15, 0.2) is 0 Å². The van der Waals surface area contributed by atoms with Crippen LogP contribution in [0.25, 0.3) is 10.4 Å². The second kappa shape index (κ2) is 6.27. The lowest BCUT2D eigenvalue weighted by atomic mass is 9.72. The van der Waals surface area contributed by atoms with E-state index in [2.05, 4.69) is 30.8 Å². The number of azide groups is 1. The fraction of sp³-hybridized carbons (Fsp3) is 1.00. The maximum absolute atomic E-state index is 10.0. The fourth-order valence-corrected chi connectivity index (χ4v) is 3.36. The van der Waals surface area contributed by atoms with Crippen molar-refractivity contribution in [1.29, 1.82) is 0 Å². The van der Waals surface area contributed by atoms with Gasteiger partial charge in [-0.3, -0.25) is 0 Å². The standard InChI is InChI=1S/C13H25N3O/c1-4-6-7-8-13(5-2)9-11(17)12(10(13)3)15-16-14/h10-12,17H,4-9H2,1-3H3/t10-,11-,12?,13?/m0/s1. The van der Waals surface area contributed by atoms with E-state index >= 15 is 0 Å². The normalized spacial score (nSPS) is 36.8. The van der Waals surface area contributed by atoms with Crippen molar-refractivity contribution in [2.24, 2.45) is 16.4 Å². The molecule has 0 aliphatic heterocycles. The molecule has 1 N–H and O–H groups in total. The van der Waals surface area contributed by atoms with E-state index in [-0.39, 0.29) is 17.4 Å². The van der Waals surface area contributed by atoms with Crippen LogP contribution < -0.4 is 0 Å². The van der Waals surface area contributed by atoms with Crippen molar-refractivity contribution >= 4 is 0 Å². The van der Waals surface area contributed by atoms with E-state index in [0.29, 0.717) is 0 Å². The van der Waals surface area contributed by atoms with Gasteiger partial charge in [-0.15, -0.1) is 0 Å². The van der Waals surface area contributed by atoms with Gasteiger partial charge >= 0.3 is 0 Å². The number of hydrogen-bond donors (Lipinski definition) is 1. The third kappa shape index (κ3) is 2.93. The second-order valence-corrected chi connectivity index (χ2v) is 5.43.